The number of amides is 1. The normalized spacial score (nSPS) is 28.6. The lowest BCUT2D eigenvalue weighted by molar-refractivity contribution is -0.0204. The minimum atomic E-state index is 0.130. The van der Waals surface area contributed by atoms with E-state index in [1.165, 1.54) is 25.7 Å². The first-order valence-electron chi connectivity index (χ1n) is 15.1. The summed E-state index contributed by atoms with van der Waals surface area (Å²) < 4.78 is 16.5. The molecule has 9 rings (SSSR count). The number of nitrogens with zero attached hydrogens (tertiary/aromatic N) is 5. The van der Waals surface area contributed by atoms with Gasteiger partial charge in [0, 0.05) is 55.3 Å². The largest absolute Gasteiger partial charge is 0.494 e. The van der Waals surface area contributed by atoms with Crippen molar-refractivity contribution in [2.75, 3.05) is 26.9 Å². The molecule has 4 aromatic rings. The minimum absolute atomic E-state index is 0.130. The molecular weight excluding hydrogens is 502 g/mol. The first kappa shape index (κ1) is 23.3. The van der Waals surface area contributed by atoms with Crippen LogP contribution < -0.4 is 4.74 Å². The van der Waals surface area contributed by atoms with Crippen LogP contribution >= 0.6 is 0 Å². The van der Waals surface area contributed by atoms with Gasteiger partial charge in [-0.25, -0.2) is 9.97 Å². The number of rotatable bonds is 7. The summed E-state index contributed by atoms with van der Waals surface area (Å²) in [7, 11) is 1.71. The monoisotopic (exact) mass is 537 g/mol. The van der Waals surface area contributed by atoms with Crippen LogP contribution in [0.15, 0.2) is 36.5 Å². The maximum atomic E-state index is 13.9. The molecule has 0 N–H and O–H groups in total. The van der Waals surface area contributed by atoms with E-state index in [1.54, 1.807) is 7.11 Å². The first-order valence-corrected chi connectivity index (χ1v) is 15.1. The van der Waals surface area contributed by atoms with Gasteiger partial charge in [0.1, 0.15) is 16.9 Å². The molecule has 3 saturated carbocycles. The van der Waals surface area contributed by atoms with Crippen LogP contribution in [0.2, 0.25) is 0 Å². The number of hydrogen-bond donors (Lipinski definition) is 0. The van der Waals surface area contributed by atoms with E-state index in [-0.39, 0.29) is 5.91 Å². The fourth-order valence-electron chi connectivity index (χ4n) is 8.25. The number of fused-ring (bicyclic) bond motifs is 2. The molecule has 8 nitrogen and oxygen atoms in total. The van der Waals surface area contributed by atoms with Crippen LogP contribution in [0.5, 0.6) is 5.75 Å². The zero-order chi connectivity index (χ0) is 26.5. The Morgan fingerprint density at radius 3 is 2.75 bits per heavy atom. The van der Waals surface area contributed by atoms with Gasteiger partial charge in [-0.05, 0) is 86.1 Å². The molecule has 5 fully saturated rings. The number of aromatic nitrogens is 4. The maximum absolute atomic E-state index is 13.9. The van der Waals surface area contributed by atoms with Crippen LogP contribution in [0, 0.1) is 29.6 Å². The number of carbonyl (C=O) groups excluding carboxylic acids is 1. The third-order valence-electron chi connectivity index (χ3n) is 10.5. The van der Waals surface area contributed by atoms with Gasteiger partial charge in [-0.2, -0.15) is 0 Å². The second kappa shape index (κ2) is 8.56. The zero-order valence-corrected chi connectivity index (χ0v) is 23.0. The fourth-order valence-corrected chi connectivity index (χ4v) is 8.25. The molecule has 5 atom stereocenters. The number of ether oxygens (including phenoxy) is 2. The Bertz CT molecular complexity index is 1660. The van der Waals surface area contributed by atoms with E-state index in [0.717, 1.165) is 90.4 Å². The summed E-state index contributed by atoms with van der Waals surface area (Å²) in [4.78, 5) is 26.1. The van der Waals surface area contributed by atoms with Gasteiger partial charge in [-0.15, -0.1) is 0 Å². The molecule has 1 amide bonds. The SMILES string of the molecule is COc1cc(C(=O)N2C[C@H]3CC4C[C@@H]2[C@H]43)cc2nc(-c3cc4cccnc4n3CC3CC3)n(C[C@H]3CCOC3)c12. The molecule has 206 valence electrons. The van der Waals surface area contributed by atoms with Crippen LogP contribution in [0.4, 0.5) is 0 Å². The van der Waals surface area contributed by atoms with Gasteiger partial charge in [0.25, 0.3) is 5.91 Å². The molecule has 0 spiro atoms. The number of imidazole rings is 1. The van der Waals surface area contributed by atoms with Crippen molar-refractivity contribution >= 4 is 28.0 Å². The van der Waals surface area contributed by atoms with E-state index < -0.39 is 0 Å². The molecule has 0 radical (unpaired) electrons. The summed E-state index contributed by atoms with van der Waals surface area (Å²) in [6, 6.07) is 10.8. The lowest BCUT2D eigenvalue weighted by Crippen LogP contribution is -2.53. The van der Waals surface area contributed by atoms with Gasteiger partial charge in [-0.3, -0.25) is 4.79 Å². The van der Waals surface area contributed by atoms with E-state index in [1.807, 2.05) is 24.4 Å². The van der Waals surface area contributed by atoms with E-state index >= 15 is 0 Å². The van der Waals surface area contributed by atoms with Crippen molar-refractivity contribution < 1.29 is 14.3 Å². The fraction of sp³-hybridized carbons (Fsp3) is 0.531. The molecule has 0 bridgehead atoms. The van der Waals surface area contributed by atoms with Crippen LogP contribution in [0.1, 0.15) is 42.5 Å². The predicted octanol–water partition coefficient (Wildman–Crippen LogP) is 4.99. The first-order chi connectivity index (χ1) is 19.7. The highest BCUT2D eigenvalue weighted by Gasteiger charge is 2.61. The number of likely N-dealkylation sites (tertiary alicyclic amines) is 1. The van der Waals surface area contributed by atoms with E-state index in [9.17, 15) is 4.79 Å². The summed E-state index contributed by atoms with van der Waals surface area (Å²) in [6.45, 7) is 4.21. The number of carbonyl (C=O) groups is 1. The molecule has 2 aliphatic heterocycles. The highest BCUT2D eigenvalue weighted by molar-refractivity contribution is 6.00. The molecule has 5 aliphatic rings. The Balaban J connectivity index is 1.20. The average molecular weight is 538 g/mol. The highest BCUT2D eigenvalue weighted by Crippen LogP contribution is 2.60. The second-order valence-electron chi connectivity index (χ2n) is 12.9. The smallest absolute Gasteiger partial charge is 0.254 e. The summed E-state index contributed by atoms with van der Waals surface area (Å²) in [5.41, 5.74) is 4.57. The molecule has 5 heterocycles. The Morgan fingerprint density at radius 2 is 1.98 bits per heavy atom. The van der Waals surface area contributed by atoms with Crippen molar-refractivity contribution in [3.63, 3.8) is 0 Å². The van der Waals surface area contributed by atoms with E-state index in [0.29, 0.717) is 29.4 Å². The van der Waals surface area contributed by atoms with Crippen LogP contribution in [0.3, 0.4) is 0 Å². The van der Waals surface area contributed by atoms with Crippen molar-refractivity contribution in [3.8, 4) is 17.3 Å². The van der Waals surface area contributed by atoms with Crippen molar-refractivity contribution in [2.45, 2.75) is 51.2 Å². The topological polar surface area (TPSA) is 74.4 Å². The van der Waals surface area contributed by atoms with Crippen molar-refractivity contribution in [2.24, 2.45) is 29.6 Å². The maximum Gasteiger partial charge on any atom is 0.254 e. The minimum Gasteiger partial charge on any atom is -0.494 e. The Morgan fingerprint density at radius 1 is 1.07 bits per heavy atom. The summed E-state index contributed by atoms with van der Waals surface area (Å²) in [5.74, 6) is 5.19. The number of benzene rings is 1. The molecule has 2 saturated heterocycles. The molecule has 40 heavy (non-hydrogen) atoms. The highest BCUT2D eigenvalue weighted by atomic mass is 16.5. The summed E-state index contributed by atoms with van der Waals surface area (Å²) >= 11 is 0. The number of hydrogen-bond acceptors (Lipinski definition) is 5. The zero-order valence-electron chi connectivity index (χ0n) is 23.0. The van der Waals surface area contributed by atoms with Crippen molar-refractivity contribution in [3.05, 3.63) is 42.1 Å². The second-order valence-corrected chi connectivity index (χ2v) is 12.9. The molecule has 8 heteroatoms. The third-order valence-corrected chi connectivity index (χ3v) is 10.5. The van der Waals surface area contributed by atoms with Crippen LogP contribution in [0.25, 0.3) is 33.6 Å². The van der Waals surface area contributed by atoms with Crippen molar-refractivity contribution in [1.82, 2.24) is 24.0 Å². The number of methoxy groups -OCH3 is 1. The van der Waals surface area contributed by atoms with Gasteiger partial charge in [0.05, 0.1) is 24.9 Å². The lowest BCUT2D eigenvalue weighted by Gasteiger charge is -2.52. The molecule has 1 aromatic carbocycles. The Hall–Kier alpha value is -3.39. The van der Waals surface area contributed by atoms with Crippen LogP contribution in [-0.4, -0.2) is 62.8 Å². The van der Waals surface area contributed by atoms with Crippen molar-refractivity contribution in [1.29, 1.82) is 0 Å². The molecular formula is C32H35N5O3. The average Bonchev–Trinajstić information content (AvgIpc) is 3.29. The molecule has 3 aliphatic carbocycles. The number of pyridine rings is 1. The Labute approximate surface area is 233 Å². The van der Waals surface area contributed by atoms with Gasteiger partial charge in [0.2, 0.25) is 0 Å². The summed E-state index contributed by atoms with van der Waals surface area (Å²) in [6.07, 6.45) is 7.92. The standard InChI is InChI=1S/C32H35N5O3/c1-39-27-13-22(32(38)36-16-23-9-21-12-25(36)28(21)23)10-24-29(27)37(15-19-6-8-40-17-19)31(34-24)26-11-20-3-2-7-33-30(20)35(26)14-18-4-5-18/h2-3,7,10-11,13,18-19,21,23,25,28H,4-6,8-9,12,14-17H2,1H3/t19-,21?,23-,25-,28-/m1/s1. The van der Waals surface area contributed by atoms with Gasteiger partial charge in [-0.1, -0.05) is 0 Å². The quantitative estimate of drug-likeness (QED) is 0.332. The van der Waals surface area contributed by atoms with Crippen LogP contribution in [-0.2, 0) is 17.8 Å². The van der Waals surface area contributed by atoms with Gasteiger partial charge < -0.3 is 23.5 Å². The van der Waals surface area contributed by atoms with Gasteiger partial charge >= 0.3 is 0 Å². The predicted molar refractivity (Wildman–Crippen MR) is 151 cm³/mol. The lowest BCUT2D eigenvalue weighted by atomic mass is 9.53. The molecule has 1 unspecified atom stereocenters. The third kappa shape index (κ3) is 3.38. The van der Waals surface area contributed by atoms with Gasteiger partial charge in [0.15, 0.2) is 5.82 Å². The Kier molecular flexibility index (Phi) is 4.99. The van der Waals surface area contributed by atoms with E-state index in [4.69, 9.17) is 19.4 Å². The molecule has 3 aromatic heterocycles. The van der Waals surface area contributed by atoms with E-state index in [2.05, 4.69) is 26.2 Å². The summed E-state index contributed by atoms with van der Waals surface area (Å²) in [5, 5.41) is 1.13.